The number of rotatable bonds is 4. The smallest absolute Gasteiger partial charge is 0.207 e. The van der Waals surface area contributed by atoms with E-state index in [1.54, 1.807) is 0 Å². The van der Waals surface area contributed by atoms with E-state index in [9.17, 15) is 4.79 Å². The number of ether oxygens (including phenoxy) is 1. The fraction of sp³-hybridized carbons (Fsp3) is 0.889. The van der Waals surface area contributed by atoms with E-state index in [0.717, 1.165) is 32.7 Å². The van der Waals surface area contributed by atoms with Gasteiger partial charge in [0, 0.05) is 25.7 Å². The van der Waals surface area contributed by atoms with Crippen molar-refractivity contribution < 1.29 is 9.53 Å². The summed E-state index contributed by atoms with van der Waals surface area (Å²) >= 11 is 0. The summed E-state index contributed by atoms with van der Waals surface area (Å²) in [4.78, 5) is 12.5. The van der Waals surface area contributed by atoms with E-state index in [1.165, 1.54) is 0 Å². The topological polar surface area (TPSA) is 41.6 Å². The summed E-state index contributed by atoms with van der Waals surface area (Å²) in [5.41, 5.74) is 0. The number of hydrogen-bond acceptors (Lipinski definition) is 3. The molecular formula is C9H18N2O2. The molecule has 0 aromatic carbocycles. The van der Waals surface area contributed by atoms with Crippen LogP contribution in [0.5, 0.6) is 0 Å². The number of carbonyl (C=O) groups is 1. The Balaban J connectivity index is 2.22. The first-order valence-corrected chi connectivity index (χ1v) is 4.76. The Morgan fingerprint density at radius 3 is 3.15 bits per heavy atom. The van der Waals surface area contributed by atoms with Gasteiger partial charge in [0.15, 0.2) is 0 Å². The van der Waals surface area contributed by atoms with E-state index in [1.807, 2.05) is 6.92 Å². The highest BCUT2D eigenvalue weighted by atomic mass is 16.5. The van der Waals surface area contributed by atoms with Crippen molar-refractivity contribution in [3.05, 3.63) is 0 Å². The van der Waals surface area contributed by atoms with Crippen LogP contribution in [0.1, 0.15) is 13.8 Å². The Labute approximate surface area is 79.2 Å². The van der Waals surface area contributed by atoms with Crippen molar-refractivity contribution in [1.29, 1.82) is 0 Å². The molecule has 1 fully saturated rings. The van der Waals surface area contributed by atoms with Gasteiger partial charge in [-0.25, -0.2) is 0 Å². The Morgan fingerprint density at radius 2 is 2.54 bits per heavy atom. The molecule has 4 nitrogen and oxygen atoms in total. The van der Waals surface area contributed by atoms with Gasteiger partial charge >= 0.3 is 0 Å². The molecule has 1 aliphatic heterocycles. The normalized spacial score (nSPS) is 26.8. The van der Waals surface area contributed by atoms with Crippen LogP contribution in [-0.2, 0) is 9.53 Å². The molecule has 0 aliphatic carbocycles. The third-order valence-corrected chi connectivity index (χ3v) is 2.21. The third kappa shape index (κ3) is 3.74. The summed E-state index contributed by atoms with van der Waals surface area (Å²) in [5, 5.41) is 2.74. The fourth-order valence-corrected chi connectivity index (χ4v) is 1.61. The van der Waals surface area contributed by atoms with E-state index in [2.05, 4.69) is 17.1 Å². The minimum absolute atomic E-state index is 0.225. The molecule has 0 aromatic rings. The summed E-state index contributed by atoms with van der Waals surface area (Å²) < 4.78 is 5.42. The summed E-state index contributed by atoms with van der Waals surface area (Å²) in [6.07, 6.45) is 1.08. The molecule has 4 heteroatoms. The lowest BCUT2D eigenvalue weighted by molar-refractivity contribution is -0.110. The Kier molecular flexibility index (Phi) is 4.18. The molecule has 2 atom stereocenters. The van der Waals surface area contributed by atoms with Gasteiger partial charge in [0.05, 0.1) is 12.7 Å². The Hall–Kier alpha value is -0.610. The zero-order chi connectivity index (χ0) is 9.68. The van der Waals surface area contributed by atoms with Crippen LogP contribution in [0.2, 0.25) is 0 Å². The van der Waals surface area contributed by atoms with Crippen molar-refractivity contribution in [2.75, 3.05) is 26.2 Å². The van der Waals surface area contributed by atoms with Gasteiger partial charge in [0.1, 0.15) is 0 Å². The van der Waals surface area contributed by atoms with E-state index in [0.29, 0.717) is 6.10 Å². The molecule has 13 heavy (non-hydrogen) atoms. The Morgan fingerprint density at radius 1 is 1.77 bits per heavy atom. The van der Waals surface area contributed by atoms with Gasteiger partial charge in [0.2, 0.25) is 6.41 Å². The van der Waals surface area contributed by atoms with Crippen LogP contribution in [0.4, 0.5) is 0 Å². The van der Waals surface area contributed by atoms with Gasteiger partial charge in [-0.1, -0.05) is 0 Å². The van der Waals surface area contributed by atoms with E-state index in [4.69, 9.17) is 4.74 Å². The van der Waals surface area contributed by atoms with Crippen molar-refractivity contribution in [2.24, 2.45) is 0 Å². The molecule has 0 aromatic heterocycles. The van der Waals surface area contributed by atoms with Crippen LogP contribution in [0.25, 0.3) is 0 Å². The lowest BCUT2D eigenvalue weighted by Gasteiger charge is -2.32. The molecule has 1 saturated heterocycles. The largest absolute Gasteiger partial charge is 0.376 e. The van der Waals surface area contributed by atoms with Crippen LogP contribution in [-0.4, -0.2) is 49.7 Å². The number of nitrogens with zero attached hydrogens (tertiary/aromatic N) is 1. The van der Waals surface area contributed by atoms with Crippen molar-refractivity contribution >= 4 is 6.41 Å². The lowest BCUT2D eigenvalue weighted by Crippen LogP contribution is -2.46. The minimum atomic E-state index is 0.225. The standard InChI is InChI=1S/C9H18N2O2/c1-8(10-7-12)5-11-3-4-13-9(2)6-11/h7-9H,3-6H2,1-2H3,(H,10,12). The number of hydrogen-bond donors (Lipinski definition) is 1. The van der Waals surface area contributed by atoms with E-state index >= 15 is 0 Å². The van der Waals surface area contributed by atoms with Crippen LogP contribution in [0.15, 0.2) is 0 Å². The number of amides is 1. The zero-order valence-electron chi connectivity index (χ0n) is 8.32. The first-order valence-electron chi connectivity index (χ1n) is 4.76. The maximum Gasteiger partial charge on any atom is 0.207 e. The maximum atomic E-state index is 10.2. The monoisotopic (exact) mass is 186 g/mol. The predicted molar refractivity (Wildman–Crippen MR) is 50.5 cm³/mol. The average molecular weight is 186 g/mol. The highest BCUT2D eigenvalue weighted by Gasteiger charge is 2.17. The van der Waals surface area contributed by atoms with Gasteiger partial charge in [0.25, 0.3) is 0 Å². The quantitative estimate of drug-likeness (QED) is 0.620. The summed E-state index contributed by atoms with van der Waals surface area (Å²) in [6, 6.07) is 0.225. The minimum Gasteiger partial charge on any atom is -0.376 e. The first kappa shape index (κ1) is 10.5. The van der Waals surface area contributed by atoms with Crippen molar-refractivity contribution in [2.45, 2.75) is 26.0 Å². The second-order valence-corrected chi connectivity index (χ2v) is 3.63. The highest BCUT2D eigenvalue weighted by molar-refractivity contribution is 5.46. The third-order valence-electron chi connectivity index (χ3n) is 2.21. The summed E-state index contributed by atoms with van der Waals surface area (Å²) in [6.45, 7) is 7.72. The van der Waals surface area contributed by atoms with Crippen molar-refractivity contribution in [3.8, 4) is 0 Å². The van der Waals surface area contributed by atoms with Crippen molar-refractivity contribution in [3.63, 3.8) is 0 Å². The molecule has 0 radical (unpaired) electrons. The number of morpholine rings is 1. The van der Waals surface area contributed by atoms with Gasteiger partial charge in [-0.3, -0.25) is 9.69 Å². The molecule has 2 unspecified atom stereocenters. The number of nitrogens with one attached hydrogen (secondary N) is 1. The summed E-state index contributed by atoms with van der Waals surface area (Å²) in [7, 11) is 0. The molecule has 0 spiro atoms. The predicted octanol–water partition coefficient (Wildman–Crippen LogP) is -0.158. The van der Waals surface area contributed by atoms with Crippen LogP contribution in [0, 0.1) is 0 Å². The Bertz CT molecular complexity index is 164. The second-order valence-electron chi connectivity index (χ2n) is 3.63. The first-order chi connectivity index (χ1) is 6.22. The molecule has 1 heterocycles. The molecular weight excluding hydrogens is 168 g/mol. The molecule has 1 amide bonds. The van der Waals surface area contributed by atoms with Gasteiger partial charge < -0.3 is 10.1 Å². The molecule has 1 rings (SSSR count). The summed E-state index contributed by atoms with van der Waals surface area (Å²) in [5.74, 6) is 0. The zero-order valence-corrected chi connectivity index (χ0v) is 8.32. The second kappa shape index (κ2) is 5.19. The maximum absolute atomic E-state index is 10.2. The van der Waals surface area contributed by atoms with Gasteiger partial charge in [-0.2, -0.15) is 0 Å². The molecule has 1 aliphatic rings. The average Bonchev–Trinajstić information content (AvgIpc) is 2.04. The van der Waals surface area contributed by atoms with Gasteiger partial charge in [-0.15, -0.1) is 0 Å². The lowest BCUT2D eigenvalue weighted by atomic mass is 10.2. The van der Waals surface area contributed by atoms with Crippen LogP contribution in [0.3, 0.4) is 0 Å². The SMILES string of the molecule is CC(CN1CCOC(C)C1)NC=O. The van der Waals surface area contributed by atoms with Crippen molar-refractivity contribution in [1.82, 2.24) is 10.2 Å². The molecule has 1 N–H and O–H groups in total. The highest BCUT2D eigenvalue weighted by Crippen LogP contribution is 2.04. The fourth-order valence-electron chi connectivity index (χ4n) is 1.61. The van der Waals surface area contributed by atoms with Crippen LogP contribution >= 0.6 is 0 Å². The molecule has 76 valence electrons. The van der Waals surface area contributed by atoms with E-state index in [-0.39, 0.29) is 6.04 Å². The molecule has 0 bridgehead atoms. The van der Waals surface area contributed by atoms with Gasteiger partial charge in [-0.05, 0) is 13.8 Å². The number of carbonyl (C=O) groups excluding carboxylic acids is 1. The van der Waals surface area contributed by atoms with E-state index < -0.39 is 0 Å². The van der Waals surface area contributed by atoms with Crippen LogP contribution < -0.4 is 5.32 Å². The molecule has 0 saturated carbocycles.